The number of hydrogen-bond acceptors (Lipinski definition) is 8. The molecule has 1 aromatic carbocycles. The van der Waals surface area contributed by atoms with Crippen molar-refractivity contribution in [3.63, 3.8) is 0 Å². The summed E-state index contributed by atoms with van der Waals surface area (Å²) in [6.45, 7) is 0.219. The largest absolute Gasteiger partial charge is 0.491 e. The summed E-state index contributed by atoms with van der Waals surface area (Å²) in [4.78, 5) is 11.1. The molecule has 3 saturated heterocycles. The molecule has 2 aromatic heterocycles. The van der Waals surface area contributed by atoms with Crippen molar-refractivity contribution in [2.45, 2.75) is 56.3 Å². The summed E-state index contributed by atoms with van der Waals surface area (Å²) >= 11 is 0. The molecule has 5 heterocycles. The van der Waals surface area contributed by atoms with Crippen LogP contribution in [0.25, 0.3) is 22.2 Å². The minimum Gasteiger partial charge on any atom is -0.491 e. The molecule has 0 radical (unpaired) electrons. The fourth-order valence-electron chi connectivity index (χ4n) is 6.60. The van der Waals surface area contributed by atoms with E-state index < -0.39 is 22.0 Å². The molecule has 2 N–H and O–H groups in total. The number of hydrogen-bond donors (Lipinski definition) is 1. The van der Waals surface area contributed by atoms with Gasteiger partial charge in [-0.1, -0.05) is 12.1 Å². The second-order valence-electron chi connectivity index (χ2n) is 11.4. The molecule has 1 saturated carbocycles. The Labute approximate surface area is 226 Å². The molecule has 4 fully saturated rings. The van der Waals surface area contributed by atoms with Gasteiger partial charge in [0.25, 0.3) is 0 Å². The molecule has 0 spiro atoms. The van der Waals surface area contributed by atoms with E-state index in [4.69, 9.17) is 17.9 Å². The summed E-state index contributed by atoms with van der Waals surface area (Å²) in [6.07, 6.45) is 8.79. The molecule has 1 aliphatic carbocycles. The topological polar surface area (TPSA) is 113 Å². The summed E-state index contributed by atoms with van der Waals surface area (Å²) in [5.41, 5.74) is 8.02. The smallest absolute Gasteiger partial charge is 0.152 e. The van der Waals surface area contributed by atoms with E-state index in [0.717, 1.165) is 54.4 Å². The van der Waals surface area contributed by atoms with Gasteiger partial charge in [-0.25, -0.2) is 18.4 Å². The number of fused-ring (bicyclic) bond motifs is 3. The van der Waals surface area contributed by atoms with Crippen LogP contribution in [0.2, 0.25) is 0 Å². The lowest BCUT2D eigenvalue weighted by atomic mass is 9.79. The second-order valence-corrected chi connectivity index (χ2v) is 13.7. The van der Waals surface area contributed by atoms with Crippen LogP contribution in [0, 0.1) is 5.92 Å². The van der Waals surface area contributed by atoms with Gasteiger partial charge in [0.05, 0.1) is 25.7 Å². The normalized spacial score (nSPS) is 31.6. The van der Waals surface area contributed by atoms with Gasteiger partial charge in [0.15, 0.2) is 9.84 Å². The van der Waals surface area contributed by atoms with Crippen LogP contribution < -0.4 is 10.5 Å². The zero-order valence-corrected chi connectivity index (χ0v) is 22.2. The number of aromatic nitrogens is 3. The van der Waals surface area contributed by atoms with Gasteiger partial charge in [-0.15, -0.1) is 0 Å². The quantitative estimate of drug-likeness (QED) is 0.486. The molecule has 10 heteroatoms. The van der Waals surface area contributed by atoms with Crippen LogP contribution >= 0.6 is 0 Å². The monoisotopic (exact) mass is 539 g/mol. The maximum Gasteiger partial charge on any atom is 0.152 e. The molecule has 202 valence electrons. The van der Waals surface area contributed by atoms with Gasteiger partial charge in [0.2, 0.25) is 0 Å². The minimum absolute atomic E-state index is 0.140. The molecular formula is C28H35N5O4S. The third-order valence-corrected chi connectivity index (χ3v) is 10.4. The van der Waals surface area contributed by atoms with Gasteiger partial charge in [0, 0.05) is 37.4 Å². The fourth-order valence-corrected chi connectivity index (χ4v) is 7.87. The van der Waals surface area contributed by atoms with Crippen molar-refractivity contribution < 1.29 is 20.6 Å². The number of sulfone groups is 1. The van der Waals surface area contributed by atoms with Crippen molar-refractivity contribution in [3.8, 4) is 16.9 Å². The summed E-state index contributed by atoms with van der Waals surface area (Å²) in [7, 11) is -2.87. The van der Waals surface area contributed by atoms with Crippen molar-refractivity contribution >= 4 is 26.7 Å². The molecule has 2 bridgehead atoms. The zero-order valence-electron chi connectivity index (χ0n) is 23.4. The zero-order chi connectivity index (χ0) is 27.7. The number of anilines is 1. The van der Waals surface area contributed by atoms with Crippen LogP contribution in [0.1, 0.15) is 47.3 Å². The first kappa shape index (κ1) is 22.2. The Bertz CT molecular complexity index is 1530. The highest BCUT2D eigenvalue weighted by atomic mass is 32.2. The molecule has 38 heavy (non-hydrogen) atoms. The minimum atomic E-state index is -2.87. The lowest BCUT2D eigenvalue weighted by molar-refractivity contribution is -0.0198. The fraction of sp³-hybridized carbons (Fsp3) is 0.571. The molecule has 9 nitrogen and oxygen atoms in total. The van der Waals surface area contributed by atoms with Gasteiger partial charge in [-0.05, 0) is 62.1 Å². The van der Waals surface area contributed by atoms with Crippen molar-refractivity contribution in [2.24, 2.45) is 5.92 Å². The highest BCUT2D eigenvalue weighted by Gasteiger charge is 2.46. The molecule has 0 unspecified atom stereocenters. The Balaban J connectivity index is 1.12. The molecule has 0 amide bonds. The van der Waals surface area contributed by atoms with Gasteiger partial charge in [0.1, 0.15) is 35.7 Å². The Morgan fingerprint density at radius 3 is 2.71 bits per heavy atom. The van der Waals surface area contributed by atoms with E-state index in [1.807, 2.05) is 18.2 Å². The number of nitrogens with zero attached hydrogens (tertiary/aromatic N) is 4. The van der Waals surface area contributed by atoms with E-state index in [-0.39, 0.29) is 23.7 Å². The van der Waals surface area contributed by atoms with Crippen molar-refractivity contribution in [1.82, 2.24) is 19.4 Å². The Morgan fingerprint density at radius 2 is 1.97 bits per heavy atom. The third kappa shape index (κ3) is 4.46. The number of nitrogen functional groups attached to an aromatic ring is 1. The second kappa shape index (κ2) is 9.20. The van der Waals surface area contributed by atoms with Crippen molar-refractivity contribution in [3.05, 3.63) is 36.8 Å². The molecule has 4 aliphatic rings. The maximum atomic E-state index is 11.8. The van der Waals surface area contributed by atoms with E-state index in [1.54, 1.807) is 6.07 Å². The third-order valence-electron chi connectivity index (χ3n) is 8.83. The Morgan fingerprint density at radius 1 is 1.18 bits per heavy atom. The van der Waals surface area contributed by atoms with Crippen LogP contribution in [0.15, 0.2) is 36.8 Å². The van der Waals surface area contributed by atoms with Gasteiger partial charge < -0.3 is 24.7 Å². The van der Waals surface area contributed by atoms with E-state index >= 15 is 0 Å². The van der Waals surface area contributed by atoms with E-state index in [9.17, 15) is 8.42 Å². The Kier molecular flexibility index (Phi) is 5.37. The van der Waals surface area contributed by atoms with Crippen LogP contribution in [0.3, 0.4) is 0 Å². The average Bonchev–Trinajstić information content (AvgIpc) is 3.62. The average molecular weight is 540 g/mol. The number of ether oxygens (including phenoxy) is 2. The summed E-state index contributed by atoms with van der Waals surface area (Å²) in [6, 6.07) is 7.74. The summed E-state index contributed by atoms with van der Waals surface area (Å²) in [5.74, 6) is 1.87. The lowest BCUT2D eigenvalue weighted by Gasteiger charge is -2.40. The van der Waals surface area contributed by atoms with E-state index in [1.165, 1.54) is 6.33 Å². The van der Waals surface area contributed by atoms with E-state index in [2.05, 4.69) is 25.6 Å². The highest BCUT2D eigenvalue weighted by Crippen LogP contribution is 2.45. The standard InChI is InChI=1S/C28H35N5O4S/c29-26-25-24(20-2-1-3-23(14-20)36-17-28-6-4-22(37-28)5-7-28)16-33(27(25)31-18-30-26)21-12-19(13-21)15-32-8-10-38(34,35)11-9-32/h1-3,14,16,18-19,21-22H,4-13,15,17H2,(H2,29,30,31)/i17D2. The predicted octanol–water partition coefficient (Wildman–Crippen LogP) is 3.45. The molecule has 3 aliphatic heterocycles. The molecule has 3 aromatic rings. The summed E-state index contributed by atoms with van der Waals surface area (Å²) < 4.78 is 55.2. The lowest BCUT2D eigenvalue weighted by Crippen LogP contribution is -2.44. The van der Waals surface area contributed by atoms with Crippen LogP contribution in [0.4, 0.5) is 5.82 Å². The van der Waals surface area contributed by atoms with Gasteiger partial charge >= 0.3 is 0 Å². The first-order valence-electron chi connectivity index (χ1n) is 14.6. The number of rotatable bonds is 7. The first-order valence-corrected chi connectivity index (χ1v) is 15.4. The number of benzene rings is 1. The van der Waals surface area contributed by atoms with Gasteiger partial charge in [-0.2, -0.15) is 0 Å². The SMILES string of the molecule is [2H]C([2H])(Oc1cccc(-c2cn(C3CC(CN4CCS(=O)(=O)CC4)C3)c3ncnc(N)c23)c1)C12CCC(CC1)O2. The van der Waals surface area contributed by atoms with E-state index in [0.29, 0.717) is 43.4 Å². The van der Waals surface area contributed by atoms with Crippen molar-refractivity contribution in [1.29, 1.82) is 0 Å². The van der Waals surface area contributed by atoms with Gasteiger partial charge in [-0.3, -0.25) is 0 Å². The molecular weight excluding hydrogens is 502 g/mol. The molecule has 7 rings (SSSR count). The van der Waals surface area contributed by atoms with Crippen LogP contribution in [-0.2, 0) is 14.6 Å². The van der Waals surface area contributed by atoms with Crippen molar-refractivity contribution in [2.75, 3.05) is 43.4 Å². The molecule has 0 atom stereocenters. The maximum absolute atomic E-state index is 11.8. The Hall–Kier alpha value is -2.69. The number of nitrogens with two attached hydrogens (primary N) is 1. The summed E-state index contributed by atoms with van der Waals surface area (Å²) in [5, 5.41) is 0.781. The van der Waals surface area contributed by atoms with Crippen LogP contribution in [0.5, 0.6) is 5.75 Å². The van der Waals surface area contributed by atoms with Crippen LogP contribution in [-0.4, -0.2) is 77.3 Å². The first-order chi connectivity index (χ1) is 19.1. The highest BCUT2D eigenvalue weighted by molar-refractivity contribution is 7.91. The predicted molar refractivity (Wildman–Crippen MR) is 146 cm³/mol.